The van der Waals surface area contributed by atoms with Crippen molar-refractivity contribution >= 4 is 52.4 Å². The molecule has 2 aromatic rings. The molecule has 0 atom stereocenters. The molecular weight excluding hydrogens is 399 g/mol. The van der Waals surface area contributed by atoms with Crippen molar-refractivity contribution < 1.29 is 14.3 Å². The summed E-state index contributed by atoms with van der Waals surface area (Å²) in [5.74, 6) is -1.12. The summed E-state index contributed by atoms with van der Waals surface area (Å²) in [6.45, 7) is 7.36. The van der Waals surface area contributed by atoms with Crippen molar-refractivity contribution in [1.82, 2.24) is 4.57 Å². The van der Waals surface area contributed by atoms with Gasteiger partial charge in [0, 0.05) is 22.5 Å². The maximum Gasteiger partial charge on any atom is 0.340 e. The van der Waals surface area contributed by atoms with Gasteiger partial charge in [0.15, 0.2) is 6.61 Å². The quantitative estimate of drug-likeness (QED) is 0.659. The molecule has 1 amide bonds. The van der Waals surface area contributed by atoms with E-state index in [-0.39, 0.29) is 21.8 Å². The molecule has 1 aromatic heterocycles. The number of anilines is 1. The Morgan fingerprint density at radius 3 is 2.19 bits per heavy atom. The van der Waals surface area contributed by atoms with Crippen molar-refractivity contribution in [3.8, 4) is 0 Å². The van der Waals surface area contributed by atoms with Crippen molar-refractivity contribution in [2.24, 2.45) is 0 Å². The largest absolute Gasteiger partial charge is 0.452 e. The number of rotatable bonds is 5. The van der Waals surface area contributed by atoms with Crippen LogP contribution in [0.1, 0.15) is 41.6 Å². The fourth-order valence-corrected chi connectivity index (χ4v) is 3.74. The van der Waals surface area contributed by atoms with Crippen LogP contribution in [-0.2, 0) is 9.53 Å². The fourth-order valence-electron chi connectivity index (χ4n) is 2.82. The summed E-state index contributed by atoms with van der Waals surface area (Å²) in [5.41, 5.74) is 2.41. The smallest absolute Gasteiger partial charge is 0.340 e. The van der Waals surface area contributed by atoms with Gasteiger partial charge in [0.1, 0.15) is 0 Å². The Bertz CT molecular complexity index is 837. The lowest BCUT2D eigenvalue weighted by Gasteiger charge is -2.13. The molecule has 1 heterocycles. The lowest BCUT2D eigenvalue weighted by molar-refractivity contribution is -0.119. The third-order valence-corrected chi connectivity index (χ3v) is 4.64. The first-order valence-electron chi connectivity index (χ1n) is 7.91. The summed E-state index contributed by atoms with van der Waals surface area (Å²) in [6.07, 6.45) is 0. The second-order valence-electron chi connectivity index (χ2n) is 6.12. The van der Waals surface area contributed by atoms with E-state index in [0.29, 0.717) is 10.6 Å². The second-order valence-corrected chi connectivity index (χ2v) is 7.37. The van der Waals surface area contributed by atoms with Gasteiger partial charge in [-0.1, -0.05) is 34.8 Å². The molecule has 0 saturated heterocycles. The number of amides is 1. The molecule has 0 fully saturated rings. The minimum atomic E-state index is -0.562. The highest BCUT2D eigenvalue weighted by Crippen LogP contribution is 2.33. The van der Waals surface area contributed by atoms with Crippen LogP contribution < -0.4 is 5.32 Å². The number of aryl methyl sites for hydroxylation is 1. The third kappa shape index (κ3) is 4.53. The number of hydrogen-bond donors (Lipinski definition) is 1. The Labute approximate surface area is 167 Å². The van der Waals surface area contributed by atoms with Gasteiger partial charge in [-0.05, 0) is 45.9 Å². The van der Waals surface area contributed by atoms with Crippen molar-refractivity contribution in [3.63, 3.8) is 0 Å². The molecule has 1 N–H and O–H groups in total. The Morgan fingerprint density at radius 1 is 1.12 bits per heavy atom. The molecule has 5 nitrogen and oxygen atoms in total. The van der Waals surface area contributed by atoms with E-state index >= 15 is 0 Å². The Kier molecular flexibility index (Phi) is 6.61. The van der Waals surface area contributed by atoms with Gasteiger partial charge >= 0.3 is 5.97 Å². The maximum absolute atomic E-state index is 12.3. The number of nitrogens with zero attached hydrogens (tertiary/aromatic N) is 1. The minimum Gasteiger partial charge on any atom is -0.452 e. The number of benzene rings is 1. The molecular formula is C18H19Cl3N2O3. The van der Waals surface area contributed by atoms with Gasteiger partial charge in [0.05, 0.1) is 21.3 Å². The number of halogens is 3. The zero-order valence-electron chi connectivity index (χ0n) is 14.8. The summed E-state index contributed by atoms with van der Waals surface area (Å²) in [7, 11) is 0. The van der Waals surface area contributed by atoms with E-state index < -0.39 is 18.5 Å². The zero-order valence-corrected chi connectivity index (χ0v) is 17.1. The Morgan fingerprint density at radius 2 is 1.69 bits per heavy atom. The standard InChI is InChI=1S/C18H19Cl3N2O3/c1-9(2)23-10(3)5-13(11(23)4)18(25)26-8-16(24)22-17-14(20)6-12(19)7-15(17)21/h5-7,9H,8H2,1-4H3,(H,22,24). The van der Waals surface area contributed by atoms with Gasteiger partial charge in [0.25, 0.3) is 5.91 Å². The van der Waals surface area contributed by atoms with E-state index in [1.165, 1.54) is 12.1 Å². The lowest BCUT2D eigenvalue weighted by Crippen LogP contribution is -2.21. The first kappa shape index (κ1) is 20.6. The average molecular weight is 418 g/mol. The van der Waals surface area contributed by atoms with Crippen molar-refractivity contribution in [2.45, 2.75) is 33.7 Å². The number of carbonyl (C=O) groups is 2. The highest BCUT2D eigenvalue weighted by atomic mass is 35.5. The minimum absolute atomic E-state index is 0.197. The van der Waals surface area contributed by atoms with Crippen LogP contribution in [0.2, 0.25) is 15.1 Å². The van der Waals surface area contributed by atoms with Crippen molar-refractivity contribution in [2.75, 3.05) is 11.9 Å². The van der Waals surface area contributed by atoms with E-state index in [4.69, 9.17) is 39.5 Å². The molecule has 26 heavy (non-hydrogen) atoms. The van der Waals surface area contributed by atoms with Crippen molar-refractivity contribution in [3.05, 3.63) is 50.2 Å². The van der Waals surface area contributed by atoms with Crippen LogP contribution in [0.15, 0.2) is 18.2 Å². The van der Waals surface area contributed by atoms with Crippen LogP contribution in [0.25, 0.3) is 0 Å². The van der Waals surface area contributed by atoms with Crippen LogP contribution in [-0.4, -0.2) is 23.1 Å². The number of aromatic nitrogens is 1. The molecule has 0 spiro atoms. The van der Waals surface area contributed by atoms with Crippen LogP contribution in [0.4, 0.5) is 5.69 Å². The first-order valence-corrected chi connectivity index (χ1v) is 9.05. The third-order valence-electron chi connectivity index (χ3n) is 3.83. The molecule has 0 aliphatic rings. The van der Waals surface area contributed by atoms with Crippen molar-refractivity contribution in [1.29, 1.82) is 0 Å². The van der Waals surface area contributed by atoms with E-state index in [1.807, 2.05) is 32.3 Å². The van der Waals surface area contributed by atoms with E-state index in [0.717, 1.165) is 11.4 Å². The van der Waals surface area contributed by atoms with Gasteiger partial charge in [-0.25, -0.2) is 4.79 Å². The summed E-state index contributed by atoms with van der Waals surface area (Å²) in [6, 6.07) is 4.88. The Hall–Kier alpha value is -1.69. The topological polar surface area (TPSA) is 60.3 Å². The van der Waals surface area contributed by atoms with E-state index in [1.54, 1.807) is 6.07 Å². The summed E-state index contributed by atoms with van der Waals surface area (Å²) >= 11 is 17.9. The highest BCUT2D eigenvalue weighted by molar-refractivity contribution is 6.42. The summed E-state index contributed by atoms with van der Waals surface area (Å²) < 4.78 is 7.15. The van der Waals surface area contributed by atoms with E-state index in [9.17, 15) is 9.59 Å². The van der Waals surface area contributed by atoms with Crippen LogP contribution in [0.5, 0.6) is 0 Å². The normalized spacial score (nSPS) is 10.9. The lowest BCUT2D eigenvalue weighted by atomic mass is 10.2. The molecule has 0 aliphatic carbocycles. The maximum atomic E-state index is 12.3. The molecule has 0 aliphatic heterocycles. The monoisotopic (exact) mass is 416 g/mol. The van der Waals surface area contributed by atoms with E-state index in [2.05, 4.69) is 5.32 Å². The summed E-state index contributed by atoms with van der Waals surface area (Å²) in [5, 5.41) is 3.26. The fraction of sp³-hybridized carbons (Fsp3) is 0.333. The summed E-state index contributed by atoms with van der Waals surface area (Å²) in [4.78, 5) is 24.4. The van der Waals surface area contributed by atoms with Crippen LogP contribution >= 0.6 is 34.8 Å². The van der Waals surface area contributed by atoms with Gasteiger partial charge < -0.3 is 14.6 Å². The number of ether oxygens (including phenoxy) is 1. The molecule has 0 saturated carbocycles. The molecule has 2 rings (SSSR count). The first-order chi connectivity index (χ1) is 12.1. The number of esters is 1. The average Bonchev–Trinajstić information content (AvgIpc) is 2.83. The molecule has 1 aromatic carbocycles. The van der Waals surface area contributed by atoms with Gasteiger partial charge in [-0.15, -0.1) is 0 Å². The zero-order chi connectivity index (χ0) is 19.6. The molecule has 0 unspecified atom stereocenters. The molecule has 0 bridgehead atoms. The molecule has 0 radical (unpaired) electrons. The molecule has 8 heteroatoms. The van der Waals surface area contributed by atoms with Crippen LogP contribution in [0.3, 0.4) is 0 Å². The van der Waals surface area contributed by atoms with Gasteiger partial charge in [-0.3, -0.25) is 4.79 Å². The number of nitrogens with one attached hydrogen (secondary N) is 1. The predicted octanol–water partition coefficient (Wildman–Crippen LogP) is 5.44. The van der Waals surface area contributed by atoms with Crippen LogP contribution in [0, 0.1) is 13.8 Å². The highest BCUT2D eigenvalue weighted by Gasteiger charge is 2.19. The van der Waals surface area contributed by atoms with Gasteiger partial charge in [0.2, 0.25) is 0 Å². The predicted molar refractivity (Wildman–Crippen MR) is 105 cm³/mol. The SMILES string of the molecule is Cc1cc(C(=O)OCC(=O)Nc2c(Cl)cc(Cl)cc2Cl)c(C)n1C(C)C. The van der Waals surface area contributed by atoms with Gasteiger partial charge in [-0.2, -0.15) is 0 Å². The molecule has 140 valence electrons. The number of hydrogen-bond acceptors (Lipinski definition) is 3. The second kappa shape index (κ2) is 8.33. The number of carbonyl (C=O) groups excluding carboxylic acids is 2. The Balaban J connectivity index is 2.04.